The average molecular weight is 237 g/mol. The van der Waals surface area contributed by atoms with Crippen molar-refractivity contribution in [3.05, 3.63) is 29.8 Å². The topological polar surface area (TPSA) is 58.6 Å². The van der Waals surface area contributed by atoms with E-state index < -0.39 is 0 Å². The van der Waals surface area contributed by atoms with Gasteiger partial charge in [0.1, 0.15) is 5.75 Å². The molecule has 2 N–H and O–H groups in total. The summed E-state index contributed by atoms with van der Waals surface area (Å²) in [5.74, 6) is 0.787. The highest BCUT2D eigenvalue weighted by Crippen LogP contribution is 2.19. The number of ether oxygens (including phenoxy) is 1. The number of benzene rings is 1. The fourth-order valence-electron chi connectivity index (χ4n) is 1.54. The second-order valence-electron chi connectivity index (χ2n) is 3.61. The van der Waals surface area contributed by atoms with Gasteiger partial charge in [0.05, 0.1) is 13.2 Å². The summed E-state index contributed by atoms with van der Waals surface area (Å²) in [6.07, 6.45) is 1.05. The Labute approximate surface area is 102 Å². The van der Waals surface area contributed by atoms with Crippen LogP contribution >= 0.6 is 0 Å². The summed E-state index contributed by atoms with van der Waals surface area (Å²) in [4.78, 5) is 11.4. The van der Waals surface area contributed by atoms with Crippen molar-refractivity contribution >= 4 is 5.91 Å². The van der Waals surface area contributed by atoms with E-state index in [0.717, 1.165) is 11.3 Å². The van der Waals surface area contributed by atoms with E-state index in [0.29, 0.717) is 26.0 Å². The van der Waals surface area contributed by atoms with Crippen LogP contribution in [-0.2, 0) is 11.2 Å². The zero-order valence-corrected chi connectivity index (χ0v) is 10.1. The number of carbonyl (C=O) groups excluding carboxylic acids is 1. The Bertz CT molecular complexity index is 352. The third kappa shape index (κ3) is 4.87. The van der Waals surface area contributed by atoms with Crippen molar-refractivity contribution in [1.82, 2.24) is 5.32 Å². The molecule has 0 radical (unpaired) electrons. The molecule has 1 rings (SSSR count). The maximum absolute atomic E-state index is 11.4. The molecule has 0 aliphatic rings. The SMILES string of the molecule is CCOc1ccccc1CCC(=O)NCCO. The molecule has 0 unspecified atom stereocenters. The second kappa shape index (κ2) is 7.68. The van der Waals surface area contributed by atoms with E-state index in [-0.39, 0.29) is 12.5 Å². The molecule has 0 saturated carbocycles. The quantitative estimate of drug-likeness (QED) is 0.747. The van der Waals surface area contributed by atoms with E-state index in [1.807, 2.05) is 31.2 Å². The number of aryl methyl sites for hydroxylation is 1. The maximum atomic E-state index is 11.4. The van der Waals surface area contributed by atoms with Crippen LogP contribution in [0, 0.1) is 0 Å². The first-order valence-electron chi connectivity index (χ1n) is 5.86. The number of carbonyl (C=O) groups is 1. The normalized spacial score (nSPS) is 10.0. The monoisotopic (exact) mass is 237 g/mol. The molecular formula is C13H19NO3. The number of nitrogens with one attached hydrogen (secondary N) is 1. The standard InChI is InChI=1S/C13H19NO3/c1-2-17-12-6-4-3-5-11(12)7-8-13(16)14-9-10-15/h3-6,15H,2,7-10H2,1H3,(H,14,16). The Morgan fingerprint density at radius 1 is 1.41 bits per heavy atom. The molecule has 0 fully saturated rings. The number of para-hydroxylation sites is 1. The molecule has 0 saturated heterocycles. The van der Waals surface area contributed by atoms with Gasteiger partial charge in [-0.15, -0.1) is 0 Å². The lowest BCUT2D eigenvalue weighted by molar-refractivity contribution is -0.121. The highest BCUT2D eigenvalue weighted by molar-refractivity contribution is 5.76. The van der Waals surface area contributed by atoms with E-state index in [4.69, 9.17) is 9.84 Å². The third-order valence-electron chi connectivity index (χ3n) is 2.33. The fraction of sp³-hybridized carbons (Fsp3) is 0.462. The van der Waals surface area contributed by atoms with Gasteiger partial charge in [-0.1, -0.05) is 18.2 Å². The van der Waals surface area contributed by atoms with Crippen LogP contribution in [0.5, 0.6) is 5.75 Å². The average Bonchev–Trinajstić information content (AvgIpc) is 2.35. The Kier molecular flexibility index (Phi) is 6.10. The minimum absolute atomic E-state index is 0.0265. The van der Waals surface area contributed by atoms with Crippen LogP contribution < -0.4 is 10.1 Å². The van der Waals surface area contributed by atoms with Gasteiger partial charge < -0.3 is 15.2 Å². The van der Waals surface area contributed by atoms with Gasteiger partial charge in [0.25, 0.3) is 0 Å². The Morgan fingerprint density at radius 2 is 2.18 bits per heavy atom. The van der Waals surface area contributed by atoms with E-state index in [9.17, 15) is 4.79 Å². The lowest BCUT2D eigenvalue weighted by Crippen LogP contribution is -2.26. The molecule has 4 heteroatoms. The molecular weight excluding hydrogens is 218 g/mol. The maximum Gasteiger partial charge on any atom is 0.220 e. The van der Waals surface area contributed by atoms with Crippen LogP contribution in [0.15, 0.2) is 24.3 Å². The van der Waals surface area contributed by atoms with Crippen molar-refractivity contribution in [3.8, 4) is 5.75 Å². The van der Waals surface area contributed by atoms with Gasteiger partial charge in [0.2, 0.25) is 5.91 Å². The summed E-state index contributed by atoms with van der Waals surface area (Å²) in [7, 11) is 0. The lowest BCUT2D eigenvalue weighted by atomic mass is 10.1. The van der Waals surface area contributed by atoms with E-state index in [1.54, 1.807) is 0 Å². The van der Waals surface area contributed by atoms with Crippen molar-refractivity contribution in [2.45, 2.75) is 19.8 Å². The molecule has 17 heavy (non-hydrogen) atoms. The molecule has 1 aromatic rings. The number of hydrogen-bond donors (Lipinski definition) is 2. The highest BCUT2D eigenvalue weighted by atomic mass is 16.5. The molecule has 94 valence electrons. The van der Waals surface area contributed by atoms with Gasteiger partial charge in [0, 0.05) is 13.0 Å². The number of amides is 1. The summed E-state index contributed by atoms with van der Waals surface area (Å²) in [6, 6.07) is 7.72. The molecule has 0 heterocycles. The molecule has 4 nitrogen and oxygen atoms in total. The van der Waals surface area contributed by atoms with Gasteiger partial charge in [-0.05, 0) is 25.0 Å². The predicted octanol–water partition coefficient (Wildman–Crippen LogP) is 1.13. The summed E-state index contributed by atoms with van der Waals surface area (Å²) >= 11 is 0. The van der Waals surface area contributed by atoms with Gasteiger partial charge in [0.15, 0.2) is 0 Å². The van der Waals surface area contributed by atoms with Crippen LogP contribution in [0.25, 0.3) is 0 Å². The van der Waals surface area contributed by atoms with Crippen LogP contribution in [0.2, 0.25) is 0 Å². The smallest absolute Gasteiger partial charge is 0.220 e. The summed E-state index contributed by atoms with van der Waals surface area (Å²) in [6.45, 7) is 2.84. The summed E-state index contributed by atoms with van der Waals surface area (Å²) in [5.41, 5.74) is 1.04. The zero-order chi connectivity index (χ0) is 12.5. The molecule has 0 aliphatic heterocycles. The molecule has 0 aliphatic carbocycles. The van der Waals surface area contributed by atoms with Crippen molar-refractivity contribution in [3.63, 3.8) is 0 Å². The summed E-state index contributed by atoms with van der Waals surface area (Å²) < 4.78 is 5.48. The Morgan fingerprint density at radius 3 is 2.88 bits per heavy atom. The third-order valence-corrected chi connectivity index (χ3v) is 2.33. The van der Waals surface area contributed by atoms with Crippen molar-refractivity contribution in [1.29, 1.82) is 0 Å². The molecule has 0 bridgehead atoms. The van der Waals surface area contributed by atoms with Crippen molar-refractivity contribution in [2.75, 3.05) is 19.8 Å². The fourth-order valence-corrected chi connectivity index (χ4v) is 1.54. The van der Waals surface area contributed by atoms with Crippen LogP contribution in [0.4, 0.5) is 0 Å². The van der Waals surface area contributed by atoms with Crippen LogP contribution in [0.1, 0.15) is 18.9 Å². The van der Waals surface area contributed by atoms with E-state index in [1.165, 1.54) is 0 Å². The van der Waals surface area contributed by atoms with Crippen LogP contribution in [0.3, 0.4) is 0 Å². The number of rotatable bonds is 7. The molecule has 0 atom stereocenters. The Hall–Kier alpha value is -1.55. The first kappa shape index (κ1) is 13.5. The zero-order valence-electron chi connectivity index (χ0n) is 10.1. The van der Waals surface area contributed by atoms with Gasteiger partial charge in [-0.2, -0.15) is 0 Å². The number of aliphatic hydroxyl groups is 1. The van der Waals surface area contributed by atoms with E-state index in [2.05, 4.69) is 5.32 Å². The number of hydrogen-bond acceptors (Lipinski definition) is 3. The largest absolute Gasteiger partial charge is 0.494 e. The molecule has 0 aromatic heterocycles. The van der Waals surface area contributed by atoms with Gasteiger partial charge in [-0.25, -0.2) is 0 Å². The first-order chi connectivity index (χ1) is 8.27. The van der Waals surface area contributed by atoms with Gasteiger partial charge >= 0.3 is 0 Å². The molecule has 1 aromatic carbocycles. The number of aliphatic hydroxyl groups excluding tert-OH is 1. The predicted molar refractivity (Wildman–Crippen MR) is 66.0 cm³/mol. The highest BCUT2D eigenvalue weighted by Gasteiger charge is 2.05. The molecule has 0 spiro atoms. The lowest BCUT2D eigenvalue weighted by Gasteiger charge is -2.09. The van der Waals surface area contributed by atoms with Gasteiger partial charge in [-0.3, -0.25) is 4.79 Å². The first-order valence-corrected chi connectivity index (χ1v) is 5.86. The minimum Gasteiger partial charge on any atom is -0.494 e. The summed E-state index contributed by atoms with van der Waals surface area (Å²) in [5, 5.41) is 11.2. The Balaban J connectivity index is 2.47. The minimum atomic E-state index is -0.0506. The second-order valence-corrected chi connectivity index (χ2v) is 3.61. The van der Waals surface area contributed by atoms with Crippen molar-refractivity contribution < 1.29 is 14.6 Å². The van der Waals surface area contributed by atoms with Crippen LogP contribution in [-0.4, -0.2) is 30.8 Å². The van der Waals surface area contributed by atoms with E-state index >= 15 is 0 Å². The molecule has 1 amide bonds. The van der Waals surface area contributed by atoms with Crippen molar-refractivity contribution in [2.24, 2.45) is 0 Å².